The second-order valence-electron chi connectivity index (χ2n) is 5.71. The van der Waals surface area contributed by atoms with Gasteiger partial charge in [-0.1, -0.05) is 20.3 Å². The smallest absolute Gasteiger partial charge is 0.311 e. The largest absolute Gasteiger partial charge is 0.379 e. The summed E-state index contributed by atoms with van der Waals surface area (Å²) < 4.78 is 5.30. The summed E-state index contributed by atoms with van der Waals surface area (Å²) in [6.45, 7) is 10.4. The highest BCUT2D eigenvalue weighted by Crippen LogP contribution is 1.99. The lowest BCUT2D eigenvalue weighted by atomic mass is 10.3. The maximum atomic E-state index is 12.1. The quantitative estimate of drug-likeness (QED) is 0.507. The van der Waals surface area contributed by atoms with Gasteiger partial charge in [-0.15, -0.1) is 0 Å². The van der Waals surface area contributed by atoms with Crippen LogP contribution in [-0.4, -0.2) is 74.1 Å². The summed E-state index contributed by atoms with van der Waals surface area (Å²) in [7, 11) is 0. The molecule has 0 aromatic carbocycles. The summed E-state index contributed by atoms with van der Waals surface area (Å²) in [5, 5.41) is 2.75. The highest BCUT2D eigenvalue weighted by Gasteiger charge is 2.20. The van der Waals surface area contributed by atoms with Crippen molar-refractivity contribution in [1.29, 1.82) is 0 Å². The number of carbonyl (C=O) groups is 2. The van der Waals surface area contributed by atoms with Crippen molar-refractivity contribution in [2.75, 3.05) is 52.5 Å². The third-order valence-corrected chi connectivity index (χ3v) is 3.80. The SMILES string of the molecule is CCCCN(CCC)C(=O)C(=O)NCCCN1CCOCC1. The molecule has 1 rings (SSSR count). The van der Waals surface area contributed by atoms with Crippen LogP contribution in [0.15, 0.2) is 0 Å². The third-order valence-electron chi connectivity index (χ3n) is 3.80. The Kier molecular flexibility index (Phi) is 9.82. The van der Waals surface area contributed by atoms with Crippen LogP contribution in [0, 0.1) is 0 Å². The Morgan fingerprint density at radius 2 is 1.82 bits per heavy atom. The Bertz CT molecular complexity index is 331. The number of ether oxygens (including phenoxy) is 1. The van der Waals surface area contributed by atoms with Crippen molar-refractivity contribution in [3.8, 4) is 0 Å². The molecule has 6 nitrogen and oxygen atoms in total. The van der Waals surface area contributed by atoms with E-state index in [0.29, 0.717) is 19.6 Å². The van der Waals surface area contributed by atoms with Crippen LogP contribution in [0.1, 0.15) is 39.5 Å². The van der Waals surface area contributed by atoms with Crippen LogP contribution in [0.2, 0.25) is 0 Å². The van der Waals surface area contributed by atoms with E-state index in [1.165, 1.54) is 0 Å². The number of nitrogens with one attached hydrogen (secondary N) is 1. The van der Waals surface area contributed by atoms with Crippen LogP contribution < -0.4 is 5.32 Å². The van der Waals surface area contributed by atoms with Gasteiger partial charge in [0.2, 0.25) is 0 Å². The molecule has 1 aliphatic heterocycles. The van der Waals surface area contributed by atoms with Gasteiger partial charge in [-0.05, 0) is 25.8 Å². The minimum Gasteiger partial charge on any atom is -0.379 e. The Hall–Kier alpha value is -1.14. The van der Waals surface area contributed by atoms with E-state index in [4.69, 9.17) is 4.74 Å². The molecule has 1 fully saturated rings. The van der Waals surface area contributed by atoms with Crippen molar-refractivity contribution in [3.63, 3.8) is 0 Å². The number of carbonyl (C=O) groups excluding carboxylic acids is 2. The predicted molar refractivity (Wildman–Crippen MR) is 86.7 cm³/mol. The molecule has 1 heterocycles. The van der Waals surface area contributed by atoms with Gasteiger partial charge in [0.05, 0.1) is 13.2 Å². The molecule has 1 N–H and O–H groups in total. The first-order valence-electron chi connectivity index (χ1n) is 8.56. The lowest BCUT2D eigenvalue weighted by Gasteiger charge is -2.26. The zero-order valence-electron chi connectivity index (χ0n) is 14.1. The van der Waals surface area contributed by atoms with Crippen molar-refractivity contribution >= 4 is 11.8 Å². The first-order valence-corrected chi connectivity index (χ1v) is 8.56. The van der Waals surface area contributed by atoms with E-state index in [2.05, 4.69) is 17.1 Å². The molecule has 1 aliphatic rings. The van der Waals surface area contributed by atoms with Gasteiger partial charge >= 0.3 is 11.8 Å². The maximum Gasteiger partial charge on any atom is 0.311 e. The van der Waals surface area contributed by atoms with Gasteiger partial charge < -0.3 is 15.0 Å². The predicted octanol–water partition coefficient (Wildman–Crippen LogP) is 0.864. The van der Waals surface area contributed by atoms with E-state index in [-0.39, 0.29) is 5.91 Å². The van der Waals surface area contributed by atoms with Crippen molar-refractivity contribution in [3.05, 3.63) is 0 Å². The average Bonchev–Trinajstić information content (AvgIpc) is 2.55. The number of rotatable bonds is 9. The summed E-state index contributed by atoms with van der Waals surface area (Å²) in [5.41, 5.74) is 0. The second kappa shape index (κ2) is 11.4. The minimum absolute atomic E-state index is 0.387. The standard InChI is InChI=1S/C16H31N3O3/c1-3-5-10-19(8-4-2)16(21)15(20)17-7-6-9-18-11-13-22-14-12-18/h3-14H2,1-2H3,(H,17,20). The van der Waals surface area contributed by atoms with Crippen molar-refractivity contribution in [2.24, 2.45) is 0 Å². The Balaban J connectivity index is 2.22. The van der Waals surface area contributed by atoms with Gasteiger partial charge in [0.25, 0.3) is 0 Å². The van der Waals surface area contributed by atoms with Gasteiger partial charge in [-0.3, -0.25) is 14.5 Å². The fourth-order valence-electron chi connectivity index (χ4n) is 2.48. The molecule has 0 unspecified atom stereocenters. The van der Waals surface area contributed by atoms with Gasteiger partial charge in [-0.2, -0.15) is 0 Å². The van der Waals surface area contributed by atoms with Crippen LogP contribution in [0.3, 0.4) is 0 Å². The summed E-state index contributed by atoms with van der Waals surface area (Å²) in [6.07, 6.45) is 3.70. The van der Waals surface area contributed by atoms with Crippen LogP contribution >= 0.6 is 0 Å². The number of hydrogen-bond donors (Lipinski definition) is 1. The minimum atomic E-state index is -0.466. The highest BCUT2D eigenvalue weighted by atomic mass is 16.5. The second-order valence-corrected chi connectivity index (χ2v) is 5.71. The molecule has 0 aliphatic carbocycles. The van der Waals surface area contributed by atoms with Crippen molar-refractivity contribution in [1.82, 2.24) is 15.1 Å². The normalized spacial score (nSPS) is 15.5. The number of unbranched alkanes of at least 4 members (excludes halogenated alkanes) is 1. The molecule has 0 atom stereocenters. The zero-order chi connectivity index (χ0) is 16.2. The Labute approximate surface area is 134 Å². The average molecular weight is 313 g/mol. The fourth-order valence-corrected chi connectivity index (χ4v) is 2.48. The number of nitrogens with zero attached hydrogens (tertiary/aromatic N) is 2. The summed E-state index contributed by atoms with van der Waals surface area (Å²) in [6, 6.07) is 0. The third kappa shape index (κ3) is 7.22. The first-order chi connectivity index (χ1) is 10.7. The highest BCUT2D eigenvalue weighted by molar-refractivity contribution is 6.34. The fraction of sp³-hybridized carbons (Fsp3) is 0.875. The van der Waals surface area contributed by atoms with E-state index >= 15 is 0 Å². The number of hydrogen-bond acceptors (Lipinski definition) is 4. The van der Waals surface area contributed by atoms with Crippen LogP contribution in [-0.2, 0) is 14.3 Å². The van der Waals surface area contributed by atoms with Crippen LogP contribution in [0.25, 0.3) is 0 Å². The van der Waals surface area contributed by atoms with Gasteiger partial charge in [0.15, 0.2) is 0 Å². The zero-order valence-corrected chi connectivity index (χ0v) is 14.1. The molecule has 2 amide bonds. The molecule has 0 bridgehead atoms. The van der Waals surface area contributed by atoms with Gasteiger partial charge in [0, 0.05) is 32.7 Å². The lowest BCUT2D eigenvalue weighted by Crippen LogP contribution is -2.44. The molecule has 0 aromatic heterocycles. The van der Waals surface area contributed by atoms with E-state index in [0.717, 1.165) is 58.5 Å². The van der Waals surface area contributed by atoms with Crippen molar-refractivity contribution < 1.29 is 14.3 Å². The van der Waals surface area contributed by atoms with Crippen LogP contribution in [0.4, 0.5) is 0 Å². The van der Waals surface area contributed by atoms with Gasteiger partial charge in [-0.25, -0.2) is 0 Å². The summed E-state index contributed by atoms with van der Waals surface area (Å²) in [5.74, 6) is -0.854. The number of amides is 2. The van der Waals surface area contributed by atoms with Crippen molar-refractivity contribution in [2.45, 2.75) is 39.5 Å². The van der Waals surface area contributed by atoms with E-state index in [1.54, 1.807) is 4.90 Å². The topological polar surface area (TPSA) is 61.9 Å². The van der Waals surface area contributed by atoms with Gasteiger partial charge in [0.1, 0.15) is 0 Å². The van der Waals surface area contributed by atoms with E-state index in [9.17, 15) is 9.59 Å². The first kappa shape index (κ1) is 18.9. The summed E-state index contributed by atoms with van der Waals surface area (Å²) >= 11 is 0. The molecule has 1 saturated heterocycles. The van der Waals surface area contributed by atoms with E-state index < -0.39 is 5.91 Å². The number of morpholine rings is 1. The maximum absolute atomic E-state index is 12.1. The summed E-state index contributed by atoms with van der Waals surface area (Å²) in [4.78, 5) is 28.0. The molecule has 6 heteroatoms. The molecule has 22 heavy (non-hydrogen) atoms. The molecular formula is C16H31N3O3. The Morgan fingerprint density at radius 1 is 1.09 bits per heavy atom. The van der Waals surface area contributed by atoms with E-state index in [1.807, 2.05) is 6.92 Å². The molecular weight excluding hydrogens is 282 g/mol. The van der Waals surface area contributed by atoms with Crippen LogP contribution in [0.5, 0.6) is 0 Å². The molecule has 0 spiro atoms. The molecule has 0 saturated carbocycles. The lowest BCUT2D eigenvalue weighted by molar-refractivity contribution is -0.145. The molecule has 0 radical (unpaired) electrons. The Morgan fingerprint density at radius 3 is 2.45 bits per heavy atom. The monoisotopic (exact) mass is 313 g/mol. The molecule has 128 valence electrons. The molecule has 0 aromatic rings.